The van der Waals surface area contributed by atoms with E-state index in [-0.39, 0.29) is 12.2 Å². The molecule has 1 aromatic rings. The summed E-state index contributed by atoms with van der Waals surface area (Å²) in [5, 5.41) is 11.1. The first-order valence-electron chi connectivity index (χ1n) is 6.39. The number of hydrogen-bond acceptors (Lipinski definition) is 5. The second kappa shape index (κ2) is 6.47. The van der Waals surface area contributed by atoms with Crippen LogP contribution in [-0.2, 0) is 11.3 Å². The maximum Gasteiger partial charge on any atom is 0.353 e. The molecule has 0 bridgehead atoms. The van der Waals surface area contributed by atoms with E-state index in [1.165, 1.54) is 14.0 Å². The fraction of sp³-hybridized carbons (Fsp3) is 0.667. The van der Waals surface area contributed by atoms with E-state index in [0.717, 1.165) is 15.6 Å². The van der Waals surface area contributed by atoms with Crippen molar-refractivity contribution in [1.82, 2.24) is 9.13 Å². The first-order chi connectivity index (χ1) is 9.36. The largest absolute Gasteiger partial charge is 0.361 e. The van der Waals surface area contributed by atoms with E-state index in [4.69, 9.17) is 4.74 Å². The van der Waals surface area contributed by atoms with Gasteiger partial charge in [0.25, 0.3) is 0 Å². The van der Waals surface area contributed by atoms with Gasteiger partial charge in [0.2, 0.25) is 0 Å². The van der Waals surface area contributed by atoms with Crippen molar-refractivity contribution < 1.29 is 9.66 Å². The van der Waals surface area contributed by atoms with Crippen molar-refractivity contribution >= 4 is 5.69 Å². The van der Waals surface area contributed by atoms with Gasteiger partial charge in [-0.15, -0.1) is 0 Å². The van der Waals surface area contributed by atoms with Gasteiger partial charge in [-0.2, -0.15) is 0 Å². The molecule has 1 aromatic heterocycles. The lowest BCUT2D eigenvalue weighted by molar-refractivity contribution is -0.387. The molecule has 1 heterocycles. The molecule has 1 unspecified atom stereocenters. The molecule has 0 fully saturated rings. The number of rotatable bonds is 6. The van der Waals surface area contributed by atoms with Crippen LogP contribution in [0.4, 0.5) is 5.69 Å². The standard InChI is InChI=1S/C12H19N3O5/c1-5-6-7-13-11(16)10(15(18)19)8(2)14(12(13)17)9(3)20-4/h9H,5-7H2,1-4H3. The highest BCUT2D eigenvalue weighted by atomic mass is 16.6. The van der Waals surface area contributed by atoms with Crippen LogP contribution in [0.15, 0.2) is 9.59 Å². The Morgan fingerprint density at radius 1 is 1.40 bits per heavy atom. The van der Waals surface area contributed by atoms with Crippen LogP contribution >= 0.6 is 0 Å². The van der Waals surface area contributed by atoms with Crippen LogP contribution in [0.1, 0.15) is 38.6 Å². The van der Waals surface area contributed by atoms with Gasteiger partial charge in [-0.05, 0) is 20.3 Å². The Morgan fingerprint density at radius 3 is 2.45 bits per heavy atom. The third-order valence-electron chi connectivity index (χ3n) is 3.21. The van der Waals surface area contributed by atoms with E-state index in [0.29, 0.717) is 6.42 Å². The zero-order valence-corrected chi connectivity index (χ0v) is 12.1. The number of methoxy groups -OCH3 is 1. The maximum atomic E-state index is 12.3. The molecule has 0 saturated carbocycles. The second-order valence-corrected chi connectivity index (χ2v) is 4.49. The lowest BCUT2D eigenvalue weighted by atomic mass is 10.3. The summed E-state index contributed by atoms with van der Waals surface area (Å²) >= 11 is 0. The summed E-state index contributed by atoms with van der Waals surface area (Å²) in [6, 6.07) is 0. The number of nitrogens with zero attached hydrogens (tertiary/aromatic N) is 3. The van der Waals surface area contributed by atoms with Gasteiger partial charge in [0, 0.05) is 13.7 Å². The van der Waals surface area contributed by atoms with E-state index < -0.39 is 28.1 Å². The van der Waals surface area contributed by atoms with Gasteiger partial charge >= 0.3 is 16.9 Å². The zero-order valence-electron chi connectivity index (χ0n) is 12.1. The molecular formula is C12H19N3O5. The van der Waals surface area contributed by atoms with Crippen molar-refractivity contribution in [3.05, 3.63) is 36.6 Å². The molecule has 1 atom stereocenters. The summed E-state index contributed by atoms with van der Waals surface area (Å²) in [5.74, 6) is 0. The Kier molecular flexibility index (Phi) is 5.20. The third kappa shape index (κ3) is 2.79. The molecule has 0 aliphatic heterocycles. The van der Waals surface area contributed by atoms with Crippen molar-refractivity contribution in [3.8, 4) is 0 Å². The molecule has 0 aliphatic rings. The molecule has 20 heavy (non-hydrogen) atoms. The highest BCUT2D eigenvalue weighted by molar-refractivity contribution is 5.32. The first kappa shape index (κ1) is 16.1. The van der Waals surface area contributed by atoms with Crippen LogP contribution in [0.25, 0.3) is 0 Å². The molecule has 0 radical (unpaired) electrons. The van der Waals surface area contributed by atoms with Gasteiger partial charge in [-0.25, -0.2) is 4.79 Å². The summed E-state index contributed by atoms with van der Waals surface area (Å²) in [5.41, 5.74) is -2.01. The van der Waals surface area contributed by atoms with Crippen LogP contribution in [0.5, 0.6) is 0 Å². The minimum absolute atomic E-state index is 0.00657. The van der Waals surface area contributed by atoms with Gasteiger partial charge in [-0.1, -0.05) is 13.3 Å². The lowest BCUT2D eigenvalue weighted by Gasteiger charge is -2.18. The number of nitro groups is 1. The Morgan fingerprint density at radius 2 is 2.00 bits per heavy atom. The van der Waals surface area contributed by atoms with Crippen LogP contribution in [-0.4, -0.2) is 21.2 Å². The summed E-state index contributed by atoms with van der Waals surface area (Å²) in [4.78, 5) is 34.7. The van der Waals surface area contributed by atoms with Crippen LogP contribution in [0.3, 0.4) is 0 Å². The minimum atomic E-state index is -0.856. The predicted octanol–water partition coefficient (Wildman–Crippen LogP) is 1.19. The van der Waals surface area contributed by atoms with Crippen molar-refractivity contribution in [1.29, 1.82) is 0 Å². The number of aromatic nitrogens is 2. The summed E-state index contributed by atoms with van der Waals surface area (Å²) in [7, 11) is 1.39. The van der Waals surface area contributed by atoms with Crippen LogP contribution in [0.2, 0.25) is 0 Å². The van der Waals surface area contributed by atoms with Gasteiger partial charge < -0.3 is 4.74 Å². The Hall–Kier alpha value is -1.96. The van der Waals surface area contributed by atoms with E-state index >= 15 is 0 Å². The zero-order chi connectivity index (χ0) is 15.4. The highest BCUT2D eigenvalue weighted by Crippen LogP contribution is 2.14. The van der Waals surface area contributed by atoms with Crippen molar-refractivity contribution in [3.63, 3.8) is 0 Å². The molecule has 0 saturated heterocycles. The van der Waals surface area contributed by atoms with E-state index in [2.05, 4.69) is 0 Å². The molecular weight excluding hydrogens is 266 g/mol. The van der Waals surface area contributed by atoms with Gasteiger partial charge in [0.05, 0.1) is 4.92 Å². The van der Waals surface area contributed by atoms with Crippen molar-refractivity contribution in [2.75, 3.05) is 7.11 Å². The Bertz CT molecular complexity index is 617. The summed E-state index contributed by atoms with van der Waals surface area (Å²) < 4.78 is 7.10. The third-order valence-corrected chi connectivity index (χ3v) is 3.21. The Labute approximate surface area is 115 Å². The normalized spacial score (nSPS) is 12.4. The fourth-order valence-electron chi connectivity index (χ4n) is 2.01. The first-order valence-corrected chi connectivity index (χ1v) is 6.39. The van der Waals surface area contributed by atoms with E-state index in [1.54, 1.807) is 6.92 Å². The molecule has 8 nitrogen and oxygen atoms in total. The van der Waals surface area contributed by atoms with Crippen LogP contribution in [0, 0.1) is 17.0 Å². The minimum Gasteiger partial charge on any atom is -0.361 e. The monoisotopic (exact) mass is 285 g/mol. The number of unbranched alkanes of at least 4 members (excludes halogenated alkanes) is 1. The smallest absolute Gasteiger partial charge is 0.353 e. The molecule has 0 N–H and O–H groups in total. The van der Waals surface area contributed by atoms with E-state index in [9.17, 15) is 19.7 Å². The molecule has 0 aliphatic carbocycles. The van der Waals surface area contributed by atoms with Gasteiger partial charge in [0.15, 0.2) is 0 Å². The average molecular weight is 285 g/mol. The Balaban J connectivity index is 3.69. The van der Waals surface area contributed by atoms with Crippen LogP contribution < -0.4 is 11.2 Å². The highest BCUT2D eigenvalue weighted by Gasteiger charge is 2.26. The number of hydrogen-bond donors (Lipinski definition) is 0. The average Bonchev–Trinajstić information content (AvgIpc) is 2.37. The van der Waals surface area contributed by atoms with Gasteiger partial charge in [-0.3, -0.25) is 24.0 Å². The molecule has 0 spiro atoms. The topological polar surface area (TPSA) is 96.4 Å². The van der Waals surface area contributed by atoms with Crippen molar-refractivity contribution in [2.45, 2.75) is 46.4 Å². The summed E-state index contributed by atoms with van der Waals surface area (Å²) in [6.07, 6.45) is 0.680. The van der Waals surface area contributed by atoms with E-state index in [1.807, 2.05) is 6.92 Å². The molecule has 112 valence electrons. The fourth-order valence-corrected chi connectivity index (χ4v) is 2.01. The lowest BCUT2D eigenvalue weighted by Crippen LogP contribution is -2.43. The maximum absolute atomic E-state index is 12.3. The molecule has 1 rings (SSSR count). The van der Waals surface area contributed by atoms with Crippen molar-refractivity contribution in [2.24, 2.45) is 0 Å². The molecule has 8 heteroatoms. The second-order valence-electron chi connectivity index (χ2n) is 4.49. The predicted molar refractivity (Wildman–Crippen MR) is 73.0 cm³/mol. The number of ether oxygens (including phenoxy) is 1. The SMILES string of the molecule is CCCCn1c(=O)c([N+](=O)[O-])c(C)n(C(C)OC)c1=O. The molecule has 0 aromatic carbocycles. The quantitative estimate of drug-likeness (QED) is 0.577. The summed E-state index contributed by atoms with van der Waals surface area (Å²) in [6.45, 7) is 5.03. The van der Waals surface area contributed by atoms with Gasteiger partial charge in [0.1, 0.15) is 11.9 Å². The molecule has 0 amide bonds.